The van der Waals surface area contributed by atoms with Gasteiger partial charge in [-0.2, -0.15) is 0 Å². The smallest absolute Gasteiger partial charge is 0.295 e. The van der Waals surface area contributed by atoms with Crippen molar-refractivity contribution < 1.29 is 9.59 Å². The van der Waals surface area contributed by atoms with Crippen LogP contribution in [0.2, 0.25) is 0 Å². The van der Waals surface area contributed by atoms with Gasteiger partial charge in [0.25, 0.3) is 0 Å². The van der Waals surface area contributed by atoms with Crippen molar-refractivity contribution in [2.75, 3.05) is 0 Å². The quantitative estimate of drug-likeness (QED) is 0.633. The van der Waals surface area contributed by atoms with Gasteiger partial charge in [0.05, 0.1) is 11.0 Å². The minimum Gasteiger partial charge on any atom is -0.295 e. The van der Waals surface area contributed by atoms with Gasteiger partial charge in [0.15, 0.2) is 0 Å². The molecule has 0 aliphatic carbocycles. The highest BCUT2D eigenvalue weighted by Gasteiger charge is 2.31. The molecule has 0 saturated carbocycles. The molecule has 3 rings (SSSR count). The molecule has 0 radical (unpaired) electrons. The summed E-state index contributed by atoms with van der Waals surface area (Å²) in [6.07, 6.45) is 1.33. The Morgan fingerprint density at radius 2 is 2.04 bits per heavy atom. The number of nitrogens with zero attached hydrogens (tertiary/aromatic N) is 2. The fourth-order valence-corrected chi connectivity index (χ4v) is 2.86. The second-order valence-electron chi connectivity index (χ2n) is 5.54. The van der Waals surface area contributed by atoms with Crippen molar-refractivity contribution in [1.82, 2.24) is 14.5 Å². The highest BCUT2D eigenvalue weighted by Crippen LogP contribution is 2.23. The van der Waals surface area contributed by atoms with Crippen LogP contribution >= 0.6 is 0 Å². The van der Waals surface area contributed by atoms with Crippen LogP contribution in [0.4, 0.5) is 0 Å². The molecule has 1 aliphatic rings. The molecule has 2 heterocycles. The van der Waals surface area contributed by atoms with Crippen LogP contribution in [0.3, 0.4) is 0 Å². The van der Waals surface area contributed by atoms with E-state index in [1.807, 2.05) is 19.1 Å². The van der Waals surface area contributed by atoms with Gasteiger partial charge in [-0.15, -0.1) is 0 Å². The maximum atomic E-state index is 12.6. The van der Waals surface area contributed by atoms with E-state index in [9.17, 15) is 14.4 Å². The lowest BCUT2D eigenvalue weighted by molar-refractivity contribution is -0.135. The molecule has 1 aromatic heterocycles. The number of imide groups is 1. The minimum absolute atomic E-state index is 0.235. The van der Waals surface area contributed by atoms with Crippen molar-refractivity contribution in [2.24, 2.45) is 7.05 Å². The molecule has 1 fully saturated rings. The Morgan fingerprint density at radius 3 is 2.74 bits per heavy atom. The Kier molecular flexibility index (Phi) is 3.78. The van der Waals surface area contributed by atoms with Crippen LogP contribution in [-0.4, -0.2) is 20.9 Å². The molecule has 6 nitrogen and oxygen atoms in total. The number of hydrogen-bond donors (Lipinski definition) is 1. The van der Waals surface area contributed by atoms with Crippen molar-refractivity contribution in [3.8, 4) is 11.8 Å². The zero-order chi connectivity index (χ0) is 16.6. The molecule has 0 spiro atoms. The number of nitrogens with one attached hydrogen (secondary N) is 1. The van der Waals surface area contributed by atoms with Gasteiger partial charge in [0.1, 0.15) is 6.04 Å². The Hall–Kier alpha value is -2.81. The van der Waals surface area contributed by atoms with E-state index in [4.69, 9.17) is 0 Å². The van der Waals surface area contributed by atoms with E-state index >= 15 is 0 Å². The molecule has 0 bridgehead atoms. The summed E-state index contributed by atoms with van der Waals surface area (Å²) in [6.45, 7) is 1.97. The standard InChI is InChI=1S/C17H17N3O3/c1-3-4-5-11-6-7-12-14(10-11)19(2)17(23)20(12)13-8-9-15(21)18-16(13)22/h6-7,10,13H,3,8-9H2,1-2H3,(H,18,21,22). The second-order valence-corrected chi connectivity index (χ2v) is 5.54. The molecule has 118 valence electrons. The Morgan fingerprint density at radius 1 is 1.26 bits per heavy atom. The monoisotopic (exact) mass is 311 g/mol. The molecule has 1 aliphatic heterocycles. The number of rotatable bonds is 1. The van der Waals surface area contributed by atoms with Crippen LogP contribution in [0.5, 0.6) is 0 Å². The van der Waals surface area contributed by atoms with E-state index < -0.39 is 11.9 Å². The predicted molar refractivity (Wildman–Crippen MR) is 85.8 cm³/mol. The van der Waals surface area contributed by atoms with Gasteiger partial charge in [-0.05, 0) is 24.6 Å². The number of imidazole rings is 1. The van der Waals surface area contributed by atoms with Crippen LogP contribution in [0.25, 0.3) is 11.0 Å². The van der Waals surface area contributed by atoms with Crippen molar-refractivity contribution in [2.45, 2.75) is 32.2 Å². The molecular weight excluding hydrogens is 294 g/mol. The van der Waals surface area contributed by atoms with E-state index in [-0.39, 0.29) is 18.0 Å². The molecule has 1 aromatic carbocycles. The van der Waals surface area contributed by atoms with Crippen LogP contribution in [0.1, 0.15) is 37.8 Å². The van der Waals surface area contributed by atoms with Crippen molar-refractivity contribution in [3.05, 3.63) is 34.2 Å². The summed E-state index contributed by atoms with van der Waals surface area (Å²) in [4.78, 5) is 36.0. The first-order valence-electron chi connectivity index (χ1n) is 7.56. The SMILES string of the molecule is CCC#Cc1ccc2c(c1)n(C)c(=O)n2C1CCC(=O)NC1=O. The summed E-state index contributed by atoms with van der Waals surface area (Å²) in [5.41, 5.74) is 1.96. The lowest BCUT2D eigenvalue weighted by Crippen LogP contribution is -2.44. The van der Waals surface area contributed by atoms with E-state index in [2.05, 4.69) is 17.2 Å². The van der Waals surface area contributed by atoms with Gasteiger partial charge in [0, 0.05) is 25.5 Å². The minimum atomic E-state index is -0.656. The third-order valence-electron chi connectivity index (χ3n) is 4.02. The van der Waals surface area contributed by atoms with Crippen molar-refractivity contribution in [3.63, 3.8) is 0 Å². The number of carbonyl (C=O) groups is 2. The lowest BCUT2D eigenvalue weighted by atomic mass is 10.1. The second kappa shape index (κ2) is 5.76. The zero-order valence-electron chi connectivity index (χ0n) is 13.0. The fourth-order valence-electron chi connectivity index (χ4n) is 2.86. The highest BCUT2D eigenvalue weighted by atomic mass is 16.2. The van der Waals surface area contributed by atoms with E-state index in [0.717, 1.165) is 17.5 Å². The van der Waals surface area contributed by atoms with Gasteiger partial charge < -0.3 is 0 Å². The number of aryl methyl sites for hydroxylation is 1. The van der Waals surface area contributed by atoms with Crippen LogP contribution in [-0.2, 0) is 16.6 Å². The largest absolute Gasteiger partial charge is 0.329 e. The first-order valence-corrected chi connectivity index (χ1v) is 7.56. The lowest BCUT2D eigenvalue weighted by Gasteiger charge is -2.21. The van der Waals surface area contributed by atoms with Crippen molar-refractivity contribution in [1.29, 1.82) is 0 Å². The van der Waals surface area contributed by atoms with Crippen LogP contribution in [0, 0.1) is 11.8 Å². The van der Waals surface area contributed by atoms with Gasteiger partial charge in [-0.3, -0.25) is 24.0 Å². The van der Waals surface area contributed by atoms with Gasteiger partial charge in [0.2, 0.25) is 11.8 Å². The van der Waals surface area contributed by atoms with E-state index in [1.165, 1.54) is 9.13 Å². The molecule has 1 atom stereocenters. The Labute approximate surface area is 133 Å². The summed E-state index contributed by atoms with van der Waals surface area (Å²) in [6, 6.07) is 4.84. The fraction of sp³-hybridized carbons (Fsp3) is 0.353. The summed E-state index contributed by atoms with van der Waals surface area (Å²) in [7, 11) is 1.67. The molecular formula is C17H17N3O3. The molecule has 1 N–H and O–H groups in total. The summed E-state index contributed by atoms with van der Waals surface area (Å²) in [5, 5.41) is 2.30. The Bertz CT molecular complexity index is 924. The van der Waals surface area contributed by atoms with E-state index in [0.29, 0.717) is 11.9 Å². The maximum Gasteiger partial charge on any atom is 0.329 e. The summed E-state index contributed by atoms with van der Waals surface area (Å²) < 4.78 is 2.98. The number of benzene rings is 1. The summed E-state index contributed by atoms with van der Waals surface area (Å²) in [5.74, 6) is 5.32. The van der Waals surface area contributed by atoms with Gasteiger partial charge in [-0.25, -0.2) is 4.79 Å². The number of amides is 2. The van der Waals surface area contributed by atoms with Crippen LogP contribution in [0.15, 0.2) is 23.0 Å². The number of carbonyl (C=O) groups excluding carboxylic acids is 2. The first-order chi connectivity index (χ1) is 11.0. The average Bonchev–Trinajstić information content (AvgIpc) is 2.77. The zero-order valence-corrected chi connectivity index (χ0v) is 13.0. The molecule has 23 heavy (non-hydrogen) atoms. The third kappa shape index (κ3) is 2.55. The predicted octanol–water partition coefficient (Wildman–Crippen LogP) is 1.08. The first kappa shape index (κ1) is 15.1. The number of piperidine rings is 1. The van der Waals surface area contributed by atoms with Crippen LogP contribution < -0.4 is 11.0 Å². The normalized spacial score (nSPS) is 17.7. The number of hydrogen-bond acceptors (Lipinski definition) is 3. The number of aromatic nitrogens is 2. The summed E-state index contributed by atoms with van der Waals surface area (Å²) >= 11 is 0. The molecule has 1 unspecified atom stereocenters. The maximum absolute atomic E-state index is 12.6. The van der Waals surface area contributed by atoms with Gasteiger partial charge in [-0.1, -0.05) is 18.8 Å². The molecule has 2 aromatic rings. The third-order valence-corrected chi connectivity index (χ3v) is 4.02. The molecule has 1 saturated heterocycles. The average molecular weight is 311 g/mol. The van der Waals surface area contributed by atoms with Gasteiger partial charge >= 0.3 is 5.69 Å². The number of fused-ring (bicyclic) bond motifs is 1. The molecule has 2 amide bonds. The molecule has 6 heteroatoms. The highest BCUT2D eigenvalue weighted by molar-refractivity contribution is 6.00. The van der Waals surface area contributed by atoms with E-state index in [1.54, 1.807) is 13.1 Å². The van der Waals surface area contributed by atoms with Crippen molar-refractivity contribution >= 4 is 22.8 Å². The Balaban J connectivity index is 2.15. The topological polar surface area (TPSA) is 73.1 Å².